The summed E-state index contributed by atoms with van der Waals surface area (Å²) in [6.07, 6.45) is 3.62. The third-order valence-corrected chi connectivity index (χ3v) is 2.71. The largest absolute Gasteiger partial charge is 1.00 e. The number of pyridine rings is 1. The summed E-state index contributed by atoms with van der Waals surface area (Å²) in [6.45, 7) is 0. The van der Waals surface area contributed by atoms with E-state index in [9.17, 15) is 0 Å². The van der Waals surface area contributed by atoms with Crippen molar-refractivity contribution >= 4 is 23.8 Å². The Balaban J connectivity index is 0.00000112. The van der Waals surface area contributed by atoms with E-state index < -0.39 is 0 Å². The number of nitrogens with one attached hydrogen (secondary N) is 1. The molecule has 0 aliphatic carbocycles. The van der Waals surface area contributed by atoms with E-state index in [0.717, 1.165) is 11.4 Å². The maximum absolute atomic E-state index is 6.05. The zero-order valence-electron chi connectivity index (χ0n) is 9.49. The van der Waals surface area contributed by atoms with Gasteiger partial charge in [-0.1, -0.05) is 23.8 Å². The zero-order chi connectivity index (χ0) is 10.1. The van der Waals surface area contributed by atoms with Crippen molar-refractivity contribution in [3.63, 3.8) is 0 Å². The monoisotopic (exact) mass is 249 g/mol. The molecule has 2 rings (SSSR count). The van der Waals surface area contributed by atoms with Crippen LogP contribution in [0.15, 0.2) is 24.5 Å². The van der Waals surface area contributed by atoms with E-state index in [0.29, 0.717) is 9.53 Å². The minimum Gasteiger partial charge on any atom is -1.00 e. The topological polar surface area (TPSA) is 33.6 Å². The Kier molecular flexibility index (Phi) is 4.55. The molecule has 0 saturated carbocycles. The summed E-state index contributed by atoms with van der Waals surface area (Å²) in [5.41, 5.74) is 1.56. The molecule has 2 aromatic heterocycles. The van der Waals surface area contributed by atoms with Gasteiger partial charge in [0.15, 0.2) is 0 Å². The number of halogens is 1. The molecule has 0 atom stereocenters. The second-order valence-corrected chi connectivity index (χ2v) is 3.72. The van der Waals surface area contributed by atoms with Crippen LogP contribution >= 0.6 is 23.8 Å². The molecule has 0 saturated heterocycles. The van der Waals surface area contributed by atoms with Gasteiger partial charge >= 0.3 is 29.6 Å². The van der Waals surface area contributed by atoms with Gasteiger partial charge in [0.2, 0.25) is 0 Å². The minimum absolute atomic E-state index is 0. The van der Waals surface area contributed by atoms with Gasteiger partial charge in [0.05, 0.1) is 15.2 Å². The quantitative estimate of drug-likeness (QED) is 0.566. The molecule has 1 N–H and O–H groups in total. The normalized spacial score (nSPS) is 9.73. The smallest absolute Gasteiger partial charge is 1.00 e. The van der Waals surface area contributed by atoms with Crippen LogP contribution in [0.2, 0.25) is 5.02 Å². The Bertz CT molecular complexity index is 525. The van der Waals surface area contributed by atoms with E-state index in [-0.39, 0.29) is 31.0 Å². The van der Waals surface area contributed by atoms with Crippen LogP contribution in [0.3, 0.4) is 0 Å². The van der Waals surface area contributed by atoms with E-state index in [4.69, 9.17) is 23.8 Å². The Morgan fingerprint density at radius 1 is 1.53 bits per heavy atom. The van der Waals surface area contributed by atoms with Crippen LogP contribution in [-0.4, -0.2) is 14.8 Å². The van der Waals surface area contributed by atoms with Crippen molar-refractivity contribution in [3.05, 3.63) is 34.1 Å². The molecule has 2 heterocycles. The first-order valence-electron chi connectivity index (χ1n) is 4.05. The minimum atomic E-state index is 0. The predicted molar refractivity (Wildman–Crippen MR) is 60.0 cm³/mol. The molecular weight excluding hydrogens is 241 g/mol. The van der Waals surface area contributed by atoms with E-state index in [1.807, 2.05) is 19.3 Å². The zero-order valence-corrected chi connectivity index (χ0v) is 12.1. The number of H-pyrrole nitrogens is 1. The first kappa shape index (κ1) is 12.9. The fraction of sp³-hybridized carbons (Fsp3) is 0.111. The third kappa shape index (κ3) is 2.71. The molecule has 74 valence electrons. The molecule has 0 unspecified atom stereocenters. The van der Waals surface area contributed by atoms with Gasteiger partial charge in [-0.05, 0) is 12.1 Å². The van der Waals surface area contributed by atoms with Crippen LogP contribution in [0.5, 0.6) is 0 Å². The van der Waals surface area contributed by atoms with Crippen LogP contribution in [0, 0.1) is 4.51 Å². The summed E-state index contributed by atoms with van der Waals surface area (Å²) in [4.78, 5) is 3.03. The molecule has 0 radical (unpaired) electrons. The number of rotatable bonds is 1. The SMILES string of the molecule is Cn1ccc(-c2[nH]ccc(=S)c2Cl)n1.[H-].[Na+]. The number of hydrogen-bond acceptors (Lipinski definition) is 2. The first-order valence-corrected chi connectivity index (χ1v) is 4.84. The fourth-order valence-electron chi connectivity index (χ4n) is 1.20. The van der Waals surface area contributed by atoms with Crippen LogP contribution in [0.4, 0.5) is 0 Å². The van der Waals surface area contributed by atoms with Crippen LogP contribution < -0.4 is 29.6 Å². The van der Waals surface area contributed by atoms with E-state index in [1.54, 1.807) is 16.9 Å². The molecule has 0 aromatic carbocycles. The average Bonchev–Trinajstić information content (AvgIpc) is 2.57. The van der Waals surface area contributed by atoms with Gasteiger partial charge in [-0.2, -0.15) is 5.10 Å². The molecular formula is C9H9ClN3NaS. The van der Waals surface area contributed by atoms with Gasteiger partial charge in [-0.3, -0.25) is 4.68 Å². The number of nitrogens with zero attached hydrogens (tertiary/aromatic N) is 2. The van der Waals surface area contributed by atoms with Gasteiger partial charge in [0, 0.05) is 19.4 Å². The molecule has 6 heteroatoms. The van der Waals surface area contributed by atoms with Crippen molar-refractivity contribution in [1.82, 2.24) is 14.8 Å². The van der Waals surface area contributed by atoms with Gasteiger partial charge in [-0.15, -0.1) is 0 Å². The molecule has 2 aromatic rings. The number of hydrogen-bond donors (Lipinski definition) is 1. The number of aromatic nitrogens is 3. The van der Waals surface area contributed by atoms with Gasteiger partial charge in [0.1, 0.15) is 5.69 Å². The molecule has 0 spiro atoms. The van der Waals surface area contributed by atoms with Gasteiger partial charge in [0.25, 0.3) is 0 Å². The first-order chi connectivity index (χ1) is 6.68. The maximum atomic E-state index is 6.05. The van der Waals surface area contributed by atoms with Crippen molar-refractivity contribution in [2.24, 2.45) is 7.05 Å². The van der Waals surface area contributed by atoms with Crippen LogP contribution in [-0.2, 0) is 7.05 Å². The van der Waals surface area contributed by atoms with Crippen LogP contribution in [0.25, 0.3) is 11.4 Å². The summed E-state index contributed by atoms with van der Waals surface area (Å²) in [5, 5.41) is 4.78. The number of aromatic amines is 1. The summed E-state index contributed by atoms with van der Waals surface area (Å²) >= 11 is 11.1. The van der Waals surface area contributed by atoms with Crippen molar-refractivity contribution in [2.45, 2.75) is 0 Å². The third-order valence-electron chi connectivity index (χ3n) is 1.87. The van der Waals surface area contributed by atoms with Gasteiger partial charge in [-0.25, -0.2) is 0 Å². The summed E-state index contributed by atoms with van der Waals surface area (Å²) in [7, 11) is 1.86. The molecule has 3 nitrogen and oxygen atoms in total. The van der Waals surface area contributed by atoms with Crippen LogP contribution in [0.1, 0.15) is 1.43 Å². The second kappa shape index (κ2) is 5.27. The summed E-state index contributed by atoms with van der Waals surface area (Å²) in [6, 6.07) is 3.64. The molecule has 0 bridgehead atoms. The van der Waals surface area contributed by atoms with E-state index >= 15 is 0 Å². The van der Waals surface area contributed by atoms with Crippen molar-refractivity contribution in [3.8, 4) is 11.4 Å². The van der Waals surface area contributed by atoms with Crippen molar-refractivity contribution in [1.29, 1.82) is 0 Å². The Labute approximate surface area is 121 Å². The van der Waals surface area contributed by atoms with Gasteiger partial charge < -0.3 is 6.41 Å². The van der Waals surface area contributed by atoms with E-state index in [1.165, 1.54) is 0 Å². The Hall–Kier alpha value is -0.130. The van der Waals surface area contributed by atoms with Crippen molar-refractivity contribution in [2.75, 3.05) is 0 Å². The Morgan fingerprint density at radius 3 is 2.87 bits per heavy atom. The summed E-state index contributed by atoms with van der Waals surface area (Å²) < 4.78 is 2.35. The summed E-state index contributed by atoms with van der Waals surface area (Å²) in [5.74, 6) is 0. The molecule has 0 fully saturated rings. The van der Waals surface area contributed by atoms with Crippen molar-refractivity contribution < 1.29 is 31.0 Å². The number of aryl methyl sites for hydroxylation is 1. The average molecular weight is 250 g/mol. The Morgan fingerprint density at radius 2 is 2.27 bits per heavy atom. The molecule has 0 aliphatic rings. The molecule has 15 heavy (non-hydrogen) atoms. The predicted octanol–water partition coefficient (Wildman–Crippen LogP) is -0.0854. The molecule has 0 amide bonds. The maximum Gasteiger partial charge on any atom is 1.00 e. The van der Waals surface area contributed by atoms with E-state index in [2.05, 4.69) is 10.1 Å². The molecule has 0 aliphatic heterocycles. The second-order valence-electron chi connectivity index (χ2n) is 2.91. The fourth-order valence-corrected chi connectivity index (χ4v) is 1.58. The standard InChI is InChI=1S/C9H8ClN3S.Na.H/c1-13-5-3-6(12-13)9-8(10)7(14)2-4-11-9;;/h2-5H,1H3,(H,11,14);;/q;+1;-1.